The van der Waals surface area contributed by atoms with E-state index in [0.717, 1.165) is 40.8 Å². The van der Waals surface area contributed by atoms with Gasteiger partial charge in [-0.1, -0.05) is 71.9 Å². The first kappa shape index (κ1) is 20.1. The molecule has 0 aliphatic heterocycles. The molecule has 0 N–H and O–H groups in total. The summed E-state index contributed by atoms with van der Waals surface area (Å²) in [6, 6.07) is 25.2. The molecule has 30 heavy (non-hydrogen) atoms. The summed E-state index contributed by atoms with van der Waals surface area (Å²) in [5.74, 6) is 0. The molecule has 1 aliphatic rings. The minimum Gasteiger partial charge on any atom is -0.391 e. The maximum absolute atomic E-state index is 11.7. The molecule has 1 aliphatic carbocycles. The van der Waals surface area contributed by atoms with Crippen molar-refractivity contribution in [2.75, 3.05) is 6.26 Å². The average molecular weight is 418 g/mol. The quantitative estimate of drug-likeness (QED) is 0.540. The van der Waals surface area contributed by atoms with E-state index in [2.05, 4.69) is 23.4 Å². The summed E-state index contributed by atoms with van der Waals surface area (Å²) in [7, 11) is -3.21. The van der Waals surface area contributed by atoms with E-state index in [0.29, 0.717) is 11.5 Å². The van der Waals surface area contributed by atoms with Crippen LogP contribution in [0.15, 0.2) is 88.9 Å². The fourth-order valence-corrected chi connectivity index (χ4v) is 4.17. The van der Waals surface area contributed by atoms with Gasteiger partial charge in [-0.05, 0) is 53.3 Å². The van der Waals surface area contributed by atoms with Gasteiger partial charge in [0, 0.05) is 11.8 Å². The number of aryl methyl sites for hydroxylation is 1. The van der Waals surface area contributed by atoms with Crippen molar-refractivity contribution in [1.82, 2.24) is 0 Å². The van der Waals surface area contributed by atoms with E-state index in [1.807, 2.05) is 54.6 Å². The highest BCUT2D eigenvalue weighted by atomic mass is 32.2. The van der Waals surface area contributed by atoms with Gasteiger partial charge in [-0.25, -0.2) is 8.42 Å². The fraction of sp³-hybridized carbons (Fsp3) is 0.160. The molecular weight excluding hydrogens is 394 g/mol. The lowest BCUT2D eigenvalue weighted by Crippen LogP contribution is -2.13. The first-order valence-corrected chi connectivity index (χ1v) is 11.7. The number of hydrogen-bond donors (Lipinski definition) is 0. The summed E-state index contributed by atoms with van der Waals surface area (Å²) < 4.78 is 23.5. The van der Waals surface area contributed by atoms with Gasteiger partial charge in [0.15, 0.2) is 9.84 Å². The summed E-state index contributed by atoms with van der Waals surface area (Å²) >= 11 is 0. The molecule has 0 unspecified atom stereocenters. The zero-order valence-electron chi connectivity index (χ0n) is 16.8. The van der Waals surface area contributed by atoms with Crippen LogP contribution in [0.2, 0.25) is 0 Å². The second-order valence-corrected chi connectivity index (χ2v) is 9.37. The van der Waals surface area contributed by atoms with Gasteiger partial charge in [0.1, 0.15) is 6.61 Å². The number of sulfone groups is 1. The molecule has 3 aromatic carbocycles. The largest absolute Gasteiger partial charge is 0.391 e. The summed E-state index contributed by atoms with van der Waals surface area (Å²) in [6.45, 7) is 0.419. The molecule has 4 rings (SSSR count). The smallest absolute Gasteiger partial charge is 0.175 e. The van der Waals surface area contributed by atoms with E-state index in [4.69, 9.17) is 4.84 Å². The summed E-state index contributed by atoms with van der Waals surface area (Å²) in [5, 5.41) is 4.46. The van der Waals surface area contributed by atoms with Gasteiger partial charge in [-0.15, -0.1) is 0 Å². The molecule has 5 heteroatoms. The van der Waals surface area contributed by atoms with Gasteiger partial charge >= 0.3 is 0 Å². The Morgan fingerprint density at radius 3 is 2.33 bits per heavy atom. The average Bonchev–Trinajstić information content (AvgIpc) is 2.75. The van der Waals surface area contributed by atoms with Gasteiger partial charge in [-0.2, -0.15) is 0 Å². The van der Waals surface area contributed by atoms with E-state index >= 15 is 0 Å². The van der Waals surface area contributed by atoms with Crippen LogP contribution >= 0.6 is 0 Å². The molecule has 0 aromatic heterocycles. The molecule has 0 amide bonds. The van der Waals surface area contributed by atoms with Crippen LogP contribution in [0.3, 0.4) is 0 Å². The van der Waals surface area contributed by atoms with Crippen molar-refractivity contribution in [2.24, 2.45) is 5.16 Å². The lowest BCUT2D eigenvalue weighted by Gasteiger charge is -2.21. The molecule has 0 spiro atoms. The highest BCUT2D eigenvalue weighted by Gasteiger charge is 2.20. The molecule has 0 fully saturated rings. The van der Waals surface area contributed by atoms with Crippen LogP contribution in [0.1, 0.15) is 28.7 Å². The number of hydrogen-bond acceptors (Lipinski definition) is 4. The van der Waals surface area contributed by atoms with Crippen molar-refractivity contribution in [3.05, 3.63) is 101 Å². The lowest BCUT2D eigenvalue weighted by molar-refractivity contribution is 0.130. The van der Waals surface area contributed by atoms with Crippen molar-refractivity contribution in [1.29, 1.82) is 0 Å². The van der Waals surface area contributed by atoms with Crippen LogP contribution in [0.4, 0.5) is 0 Å². The van der Waals surface area contributed by atoms with Crippen molar-refractivity contribution in [3.8, 4) is 0 Å². The first-order chi connectivity index (χ1) is 14.5. The lowest BCUT2D eigenvalue weighted by atomic mass is 9.85. The van der Waals surface area contributed by atoms with Crippen molar-refractivity contribution >= 4 is 27.2 Å². The predicted octanol–water partition coefficient (Wildman–Crippen LogP) is 5.15. The van der Waals surface area contributed by atoms with Gasteiger partial charge in [-0.3, -0.25) is 0 Å². The highest BCUT2D eigenvalue weighted by Crippen LogP contribution is 2.31. The molecular formula is C25H23NO3S. The number of rotatable bonds is 5. The van der Waals surface area contributed by atoms with Gasteiger partial charge in [0.25, 0.3) is 0 Å². The maximum atomic E-state index is 11.7. The summed E-state index contributed by atoms with van der Waals surface area (Å²) in [5.41, 5.74) is 6.31. The Hall–Kier alpha value is -3.18. The SMILES string of the molecule is CS(=O)(=O)c1ccc(C=C2C(=NOCc3ccccc3)CCc3ccccc32)cc1. The Bertz CT molecular complexity index is 1190. The molecule has 4 nitrogen and oxygen atoms in total. The van der Waals surface area contributed by atoms with Gasteiger partial charge < -0.3 is 4.84 Å². The van der Waals surface area contributed by atoms with Crippen LogP contribution in [-0.4, -0.2) is 20.4 Å². The molecule has 0 saturated carbocycles. The minimum absolute atomic E-state index is 0.314. The zero-order chi connectivity index (χ0) is 21.0. The third kappa shape index (κ3) is 4.69. The predicted molar refractivity (Wildman–Crippen MR) is 121 cm³/mol. The van der Waals surface area contributed by atoms with E-state index in [9.17, 15) is 8.42 Å². The number of oxime groups is 1. The molecule has 3 aromatic rings. The van der Waals surface area contributed by atoms with E-state index < -0.39 is 9.84 Å². The number of allylic oxidation sites excluding steroid dienone is 1. The van der Waals surface area contributed by atoms with Crippen LogP contribution in [0, 0.1) is 0 Å². The van der Waals surface area contributed by atoms with Crippen LogP contribution in [-0.2, 0) is 27.7 Å². The number of benzene rings is 3. The number of nitrogens with zero attached hydrogens (tertiary/aromatic N) is 1. The van der Waals surface area contributed by atoms with Crippen molar-refractivity contribution < 1.29 is 13.3 Å². The van der Waals surface area contributed by atoms with Gasteiger partial charge in [0.2, 0.25) is 0 Å². The first-order valence-electron chi connectivity index (χ1n) is 9.84. The molecule has 0 atom stereocenters. The third-order valence-corrected chi connectivity index (χ3v) is 6.25. The normalized spacial score (nSPS) is 16.4. The van der Waals surface area contributed by atoms with Crippen LogP contribution in [0.5, 0.6) is 0 Å². The fourth-order valence-electron chi connectivity index (χ4n) is 3.54. The maximum Gasteiger partial charge on any atom is 0.175 e. The Balaban J connectivity index is 1.66. The van der Waals surface area contributed by atoms with Crippen LogP contribution in [0.25, 0.3) is 11.6 Å². The van der Waals surface area contributed by atoms with Gasteiger partial charge in [0.05, 0.1) is 10.6 Å². The minimum atomic E-state index is -3.21. The second kappa shape index (κ2) is 8.67. The third-order valence-electron chi connectivity index (χ3n) is 5.12. The second-order valence-electron chi connectivity index (χ2n) is 7.35. The van der Waals surface area contributed by atoms with Crippen molar-refractivity contribution in [3.63, 3.8) is 0 Å². The Kier molecular flexibility index (Phi) is 5.81. The molecule has 0 heterocycles. The molecule has 0 saturated heterocycles. The molecule has 0 radical (unpaired) electrons. The highest BCUT2D eigenvalue weighted by molar-refractivity contribution is 7.90. The zero-order valence-corrected chi connectivity index (χ0v) is 17.6. The summed E-state index contributed by atoms with van der Waals surface area (Å²) in [4.78, 5) is 5.99. The Labute approximate surface area is 177 Å². The molecule has 0 bridgehead atoms. The van der Waals surface area contributed by atoms with E-state index in [1.165, 1.54) is 11.8 Å². The van der Waals surface area contributed by atoms with E-state index in [1.54, 1.807) is 12.1 Å². The Morgan fingerprint density at radius 1 is 0.900 bits per heavy atom. The molecule has 152 valence electrons. The number of fused-ring (bicyclic) bond motifs is 1. The van der Waals surface area contributed by atoms with Crippen LogP contribution < -0.4 is 0 Å². The standard InChI is InChI=1S/C25H23NO3S/c1-30(27,28)22-14-11-19(12-15-22)17-24-23-10-6-5-9-21(23)13-16-25(24)26-29-18-20-7-3-2-4-8-20/h2-12,14-15,17H,13,16,18H2,1H3. The Morgan fingerprint density at radius 2 is 1.60 bits per heavy atom. The summed E-state index contributed by atoms with van der Waals surface area (Å²) in [6.07, 6.45) is 4.97. The van der Waals surface area contributed by atoms with E-state index in [-0.39, 0.29) is 0 Å². The topological polar surface area (TPSA) is 55.7 Å². The van der Waals surface area contributed by atoms with Crippen molar-refractivity contribution in [2.45, 2.75) is 24.3 Å². The monoisotopic (exact) mass is 417 g/mol.